The molecule has 0 radical (unpaired) electrons. The Balaban J connectivity index is 1.91. The Morgan fingerprint density at radius 2 is 1.89 bits per heavy atom. The molecule has 0 aliphatic heterocycles. The van der Waals surface area contributed by atoms with Crippen LogP contribution in [0, 0.1) is 0 Å². The summed E-state index contributed by atoms with van der Waals surface area (Å²) in [6.45, 7) is 3.99. The third-order valence-corrected chi connectivity index (χ3v) is 4.99. The molecule has 2 amide bonds. The number of carbonyl (C=O) groups excluding carboxylic acids is 2. The Bertz CT molecular complexity index is 768. The van der Waals surface area contributed by atoms with E-state index in [4.69, 9.17) is 0 Å². The smallest absolute Gasteiger partial charge is 0.239 e. The van der Waals surface area contributed by atoms with Gasteiger partial charge in [0.1, 0.15) is 5.82 Å². The first-order valence-electron chi connectivity index (χ1n) is 9.37. The lowest BCUT2D eigenvalue weighted by Gasteiger charge is -2.26. The fraction of sp³-hybridized carbons (Fsp3) is 0.381. The van der Waals surface area contributed by atoms with E-state index in [2.05, 4.69) is 38.5 Å². The highest BCUT2D eigenvalue weighted by molar-refractivity contribution is 9.10. The molecule has 7 heteroatoms. The van der Waals surface area contributed by atoms with Crippen LogP contribution in [-0.4, -0.2) is 41.3 Å². The number of nitrogens with zero attached hydrogens (tertiary/aromatic N) is 2. The molecule has 1 heterocycles. The molecule has 1 aromatic carbocycles. The molecule has 0 aliphatic carbocycles. The summed E-state index contributed by atoms with van der Waals surface area (Å²) in [4.78, 5) is 30.8. The molecule has 2 rings (SSSR count). The average Bonchev–Trinajstić information content (AvgIpc) is 2.69. The number of rotatable bonds is 9. The maximum absolute atomic E-state index is 12.7. The summed E-state index contributed by atoms with van der Waals surface area (Å²) in [6.07, 6.45) is 3.45. The maximum atomic E-state index is 12.7. The molecule has 0 aliphatic rings. The molecule has 1 aromatic heterocycles. The van der Waals surface area contributed by atoms with E-state index in [0.29, 0.717) is 5.82 Å². The Kier molecular flexibility index (Phi) is 8.60. The van der Waals surface area contributed by atoms with Crippen LogP contribution in [0.1, 0.15) is 38.3 Å². The second kappa shape index (κ2) is 10.9. The number of likely N-dealkylation sites (N-methyl/N-ethyl adjacent to an activating group) is 1. The number of pyridine rings is 1. The van der Waals surface area contributed by atoms with Gasteiger partial charge in [-0.15, -0.1) is 0 Å². The zero-order valence-corrected chi connectivity index (χ0v) is 18.1. The number of carbonyl (C=O) groups is 2. The van der Waals surface area contributed by atoms with Gasteiger partial charge in [0.15, 0.2) is 0 Å². The van der Waals surface area contributed by atoms with Crippen molar-refractivity contribution in [2.24, 2.45) is 0 Å². The summed E-state index contributed by atoms with van der Waals surface area (Å²) in [5.74, 6) is 0.162. The zero-order chi connectivity index (χ0) is 20.5. The highest BCUT2D eigenvalue weighted by Crippen LogP contribution is 2.18. The Morgan fingerprint density at radius 1 is 1.18 bits per heavy atom. The van der Waals surface area contributed by atoms with Crippen molar-refractivity contribution in [2.75, 3.05) is 18.9 Å². The summed E-state index contributed by atoms with van der Waals surface area (Å²) in [6, 6.07) is 13.0. The quantitative estimate of drug-likeness (QED) is 0.614. The van der Waals surface area contributed by atoms with Crippen LogP contribution in [0.2, 0.25) is 0 Å². The first-order valence-corrected chi connectivity index (χ1v) is 10.2. The molecule has 28 heavy (non-hydrogen) atoms. The Morgan fingerprint density at radius 3 is 2.50 bits per heavy atom. The van der Waals surface area contributed by atoms with Crippen molar-refractivity contribution in [3.05, 3.63) is 58.7 Å². The molecular formula is C21H27BrN4O2. The van der Waals surface area contributed by atoms with Crippen molar-refractivity contribution >= 4 is 33.6 Å². The summed E-state index contributed by atoms with van der Waals surface area (Å²) >= 11 is 3.31. The SMILES string of the molecule is CCCC(NC(=O)C(C)N(C)CC(=O)Nc1ccc(Br)cn1)c1ccccc1. The number of nitrogens with one attached hydrogen (secondary N) is 2. The molecule has 0 saturated carbocycles. The van der Waals surface area contributed by atoms with Crippen molar-refractivity contribution in [3.63, 3.8) is 0 Å². The summed E-state index contributed by atoms with van der Waals surface area (Å²) < 4.78 is 0.841. The average molecular weight is 447 g/mol. The van der Waals surface area contributed by atoms with Gasteiger partial charge >= 0.3 is 0 Å². The van der Waals surface area contributed by atoms with Gasteiger partial charge in [-0.1, -0.05) is 43.7 Å². The van der Waals surface area contributed by atoms with Crippen molar-refractivity contribution in [1.82, 2.24) is 15.2 Å². The van der Waals surface area contributed by atoms with Gasteiger partial charge in [0.25, 0.3) is 0 Å². The molecule has 0 spiro atoms. The lowest BCUT2D eigenvalue weighted by molar-refractivity contribution is -0.127. The predicted octanol–water partition coefficient (Wildman–Crippen LogP) is 3.76. The van der Waals surface area contributed by atoms with E-state index in [-0.39, 0.29) is 24.4 Å². The van der Waals surface area contributed by atoms with Crippen LogP contribution in [0.4, 0.5) is 5.82 Å². The lowest BCUT2D eigenvalue weighted by Crippen LogP contribution is -2.46. The molecule has 0 fully saturated rings. The zero-order valence-electron chi connectivity index (χ0n) is 16.5. The first kappa shape index (κ1) is 22.0. The maximum Gasteiger partial charge on any atom is 0.239 e. The highest BCUT2D eigenvalue weighted by Gasteiger charge is 2.23. The number of aromatic nitrogens is 1. The standard InChI is InChI=1S/C21H27BrN4O2/c1-4-8-18(16-9-6-5-7-10-16)24-21(28)15(2)26(3)14-20(27)25-19-12-11-17(22)13-23-19/h5-7,9-13,15,18H,4,8,14H2,1-3H3,(H,24,28)(H,23,25,27). The van der Waals surface area contributed by atoms with E-state index in [1.54, 1.807) is 37.2 Å². The van der Waals surface area contributed by atoms with Crippen LogP contribution in [0.5, 0.6) is 0 Å². The van der Waals surface area contributed by atoms with Crippen LogP contribution < -0.4 is 10.6 Å². The first-order chi connectivity index (χ1) is 13.4. The number of halogens is 1. The van der Waals surface area contributed by atoms with Gasteiger partial charge in [0, 0.05) is 10.7 Å². The van der Waals surface area contributed by atoms with Crippen LogP contribution >= 0.6 is 15.9 Å². The van der Waals surface area contributed by atoms with Gasteiger partial charge in [-0.05, 0) is 54.0 Å². The van der Waals surface area contributed by atoms with Crippen LogP contribution in [0.3, 0.4) is 0 Å². The molecule has 0 saturated heterocycles. The van der Waals surface area contributed by atoms with Gasteiger partial charge in [0.05, 0.1) is 18.6 Å². The monoisotopic (exact) mass is 446 g/mol. The van der Waals surface area contributed by atoms with E-state index < -0.39 is 6.04 Å². The topological polar surface area (TPSA) is 74.3 Å². The summed E-state index contributed by atoms with van der Waals surface area (Å²) in [5, 5.41) is 5.85. The lowest BCUT2D eigenvalue weighted by atomic mass is 10.0. The van der Waals surface area contributed by atoms with Crippen molar-refractivity contribution in [2.45, 2.75) is 38.8 Å². The Hall–Kier alpha value is -2.25. The van der Waals surface area contributed by atoms with Crippen LogP contribution in [0.25, 0.3) is 0 Å². The molecular weight excluding hydrogens is 420 g/mol. The second-order valence-electron chi connectivity index (χ2n) is 6.76. The Labute approximate surface area is 174 Å². The van der Waals surface area contributed by atoms with E-state index in [9.17, 15) is 9.59 Å². The number of hydrogen-bond acceptors (Lipinski definition) is 4. The minimum absolute atomic E-state index is 0.0321. The van der Waals surface area contributed by atoms with Crippen molar-refractivity contribution in [1.29, 1.82) is 0 Å². The predicted molar refractivity (Wildman–Crippen MR) is 115 cm³/mol. The second-order valence-corrected chi connectivity index (χ2v) is 7.68. The van der Waals surface area contributed by atoms with Gasteiger partial charge in [-0.3, -0.25) is 14.5 Å². The van der Waals surface area contributed by atoms with Gasteiger partial charge in [0.2, 0.25) is 11.8 Å². The van der Waals surface area contributed by atoms with Gasteiger partial charge in [-0.2, -0.15) is 0 Å². The molecule has 6 nitrogen and oxygen atoms in total. The molecule has 2 unspecified atom stereocenters. The normalized spacial score (nSPS) is 13.0. The molecule has 0 bridgehead atoms. The van der Waals surface area contributed by atoms with E-state index in [0.717, 1.165) is 22.9 Å². The van der Waals surface area contributed by atoms with Crippen LogP contribution in [-0.2, 0) is 9.59 Å². The van der Waals surface area contributed by atoms with E-state index >= 15 is 0 Å². The fourth-order valence-corrected chi connectivity index (χ4v) is 3.02. The molecule has 2 N–H and O–H groups in total. The van der Waals surface area contributed by atoms with Crippen molar-refractivity contribution < 1.29 is 9.59 Å². The minimum atomic E-state index is -0.438. The molecule has 2 atom stereocenters. The molecule has 150 valence electrons. The van der Waals surface area contributed by atoms with Gasteiger partial charge in [-0.25, -0.2) is 4.98 Å². The largest absolute Gasteiger partial charge is 0.348 e. The van der Waals surface area contributed by atoms with Crippen LogP contribution in [0.15, 0.2) is 53.1 Å². The summed E-state index contributed by atoms with van der Waals surface area (Å²) in [5.41, 5.74) is 1.09. The minimum Gasteiger partial charge on any atom is -0.348 e. The van der Waals surface area contributed by atoms with E-state index in [1.165, 1.54) is 0 Å². The van der Waals surface area contributed by atoms with Gasteiger partial charge < -0.3 is 10.6 Å². The molecule has 2 aromatic rings. The third kappa shape index (κ3) is 6.73. The van der Waals surface area contributed by atoms with Crippen molar-refractivity contribution in [3.8, 4) is 0 Å². The van der Waals surface area contributed by atoms with E-state index in [1.807, 2.05) is 30.3 Å². The number of amides is 2. The number of benzene rings is 1. The summed E-state index contributed by atoms with van der Waals surface area (Å²) in [7, 11) is 1.76. The number of hydrogen-bond donors (Lipinski definition) is 2. The third-order valence-electron chi connectivity index (χ3n) is 4.52. The fourth-order valence-electron chi connectivity index (χ4n) is 2.78. The highest BCUT2D eigenvalue weighted by atomic mass is 79.9. The number of anilines is 1.